The van der Waals surface area contributed by atoms with Crippen LogP contribution < -0.4 is 9.64 Å². The molecule has 4 heterocycles. The lowest BCUT2D eigenvalue weighted by Crippen LogP contribution is -2.42. The highest BCUT2D eigenvalue weighted by Crippen LogP contribution is 2.33. The lowest BCUT2D eigenvalue weighted by atomic mass is 9.95. The van der Waals surface area contributed by atoms with Crippen LogP contribution in [-0.4, -0.2) is 52.7 Å². The summed E-state index contributed by atoms with van der Waals surface area (Å²) in [4.78, 5) is 33.7. The average molecular weight is 394 g/mol. The van der Waals surface area contributed by atoms with Crippen LogP contribution in [0.2, 0.25) is 0 Å². The molecule has 4 rings (SSSR count). The molecule has 0 saturated carbocycles. The monoisotopic (exact) mass is 394 g/mol. The Balaban J connectivity index is 1.41. The van der Waals surface area contributed by atoms with E-state index >= 15 is 0 Å². The van der Waals surface area contributed by atoms with E-state index in [2.05, 4.69) is 25.9 Å². The number of hydroxylamine groups is 2. The molecule has 1 atom stereocenters. The fourth-order valence-electron chi connectivity index (χ4n) is 3.80. The summed E-state index contributed by atoms with van der Waals surface area (Å²) < 4.78 is 5.16. The smallest absolute Gasteiger partial charge is 0.249 e. The van der Waals surface area contributed by atoms with Crippen LogP contribution in [0.15, 0.2) is 30.7 Å². The van der Waals surface area contributed by atoms with Gasteiger partial charge in [-0.2, -0.15) is 10.2 Å². The summed E-state index contributed by atoms with van der Waals surface area (Å²) in [6.45, 7) is 1.85. The number of nitriles is 1. The van der Waals surface area contributed by atoms with Crippen LogP contribution in [0.5, 0.6) is 5.88 Å². The van der Waals surface area contributed by atoms with Crippen molar-refractivity contribution >= 4 is 11.9 Å². The maximum atomic E-state index is 13.1. The normalized spacial score (nSPS) is 19.8. The molecule has 0 aromatic carbocycles. The van der Waals surface area contributed by atoms with Gasteiger partial charge in [0.25, 0.3) is 0 Å². The zero-order valence-corrected chi connectivity index (χ0v) is 16.2. The van der Waals surface area contributed by atoms with Gasteiger partial charge in [0.15, 0.2) is 0 Å². The van der Waals surface area contributed by atoms with Crippen molar-refractivity contribution in [2.75, 3.05) is 31.7 Å². The third-order valence-electron chi connectivity index (χ3n) is 5.35. The van der Waals surface area contributed by atoms with Gasteiger partial charge in [0.1, 0.15) is 6.07 Å². The van der Waals surface area contributed by atoms with Crippen molar-refractivity contribution in [1.82, 2.24) is 20.0 Å². The summed E-state index contributed by atoms with van der Waals surface area (Å²) in [6, 6.07) is 5.37. The first kappa shape index (κ1) is 19.1. The molecule has 2 fully saturated rings. The van der Waals surface area contributed by atoms with E-state index in [1.165, 1.54) is 11.3 Å². The molecular formula is C20H22N6O3. The summed E-state index contributed by atoms with van der Waals surface area (Å²) in [5.74, 6) is 1.00. The highest BCUT2D eigenvalue weighted by molar-refractivity contribution is 5.79. The summed E-state index contributed by atoms with van der Waals surface area (Å²) in [5.41, 5.74) is 1.31. The first-order valence-electron chi connectivity index (χ1n) is 9.62. The number of hydrogen-bond acceptors (Lipinski definition) is 8. The fraction of sp³-hybridized carbons (Fsp3) is 0.450. The molecule has 2 aliphatic rings. The van der Waals surface area contributed by atoms with Crippen molar-refractivity contribution < 1.29 is 14.4 Å². The van der Waals surface area contributed by atoms with E-state index in [4.69, 9.17) is 14.8 Å². The number of ether oxygens (including phenoxy) is 1. The third kappa shape index (κ3) is 3.98. The van der Waals surface area contributed by atoms with Crippen molar-refractivity contribution in [3.63, 3.8) is 0 Å². The number of carbonyl (C=O) groups is 1. The largest absolute Gasteiger partial charge is 0.481 e. The number of pyridine rings is 1. The maximum absolute atomic E-state index is 13.1. The zero-order chi connectivity index (χ0) is 20.2. The summed E-state index contributed by atoms with van der Waals surface area (Å²) in [6.07, 6.45) is 6.97. The zero-order valence-electron chi connectivity index (χ0n) is 16.2. The second-order valence-electron chi connectivity index (χ2n) is 7.08. The van der Waals surface area contributed by atoms with Crippen LogP contribution in [0.3, 0.4) is 0 Å². The van der Waals surface area contributed by atoms with Gasteiger partial charge in [0, 0.05) is 50.1 Å². The van der Waals surface area contributed by atoms with Crippen LogP contribution in [0, 0.1) is 17.2 Å². The van der Waals surface area contributed by atoms with Gasteiger partial charge < -0.3 is 9.64 Å². The van der Waals surface area contributed by atoms with Crippen molar-refractivity contribution in [1.29, 1.82) is 5.26 Å². The second-order valence-corrected chi connectivity index (χ2v) is 7.08. The Morgan fingerprint density at radius 3 is 2.90 bits per heavy atom. The number of piperidine rings is 1. The number of hydrogen-bond donors (Lipinski definition) is 0. The molecule has 0 aliphatic carbocycles. The Bertz CT molecular complexity index is 922. The standard InChI is InChI=1S/C20H22N6O3/c1-28-18-2-6-23-20(24-18)25-7-3-15(4-8-25)19(27)26-17(5-9-29-26)16-10-14(11-21)12-22-13-16/h2,6,10,12-13,15,17H,3-5,7-9H2,1H3. The second kappa shape index (κ2) is 8.41. The first-order chi connectivity index (χ1) is 14.2. The molecule has 0 N–H and O–H groups in total. The molecule has 150 valence electrons. The number of methoxy groups -OCH3 is 1. The van der Waals surface area contributed by atoms with Gasteiger partial charge >= 0.3 is 0 Å². The van der Waals surface area contributed by atoms with Crippen molar-refractivity contribution in [2.45, 2.75) is 25.3 Å². The maximum Gasteiger partial charge on any atom is 0.249 e. The minimum Gasteiger partial charge on any atom is -0.481 e. The summed E-state index contributed by atoms with van der Waals surface area (Å²) in [5, 5.41) is 10.6. The quantitative estimate of drug-likeness (QED) is 0.774. The SMILES string of the molecule is COc1ccnc(N2CCC(C(=O)N3OCCC3c3cncc(C#N)c3)CC2)n1. The third-order valence-corrected chi connectivity index (χ3v) is 5.35. The topological polar surface area (TPSA) is 104 Å². The molecule has 9 nitrogen and oxygen atoms in total. The minimum atomic E-state index is -0.206. The average Bonchev–Trinajstić information content (AvgIpc) is 3.29. The van der Waals surface area contributed by atoms with Gasteiger partial charge in [-0.1, -0.05) is 0 Å². The fourth-order valence-corrected chi connectivity index (χ4v) is 3.80. The van der Waals surface area contributed by atoms with E-state index in [1.54, 1.807) is 31.6 Å². The van der Waals surface area contributed by atoms with E-state index in [0.29, 0.717) is 56.4 Å². The molecule has 0 bridgehead atoms. The molecule has 0 radical (unpaired) electrons. The Morgan fingerprint density at radius 1 is 1.31 bits per heavy atom. The Labute approximate surface area is 168 Å². The van der Waals surface area contributed by atoms with Crippen LogP contribution in [0.25, 0.3) is 0 Å². The van der Waals surface area contributed by atoms with E-state index in [0.717, 1.165) is 5.56 Å². The number of carbonyl (C=O) groups excluding carboxylic acids is 1. The summed E-state index contributed by atoms with van der Waals surface area (Å²) >= 11 is 0. The Hall–Kier alpha value is -3.25. The highest BCUT2D eigenvalue weighted by atomic mass is 16.7. The van der Waals surface area contributed by atoms with Gasteiger partial charge in [-0.05, 0) is 24.5 Å². The minimum absolute atomic E-state index is 0.0129. The lowest BCUT2D eigenvalue weighted by Gasteiger charge is -2.34. The number of nitrogens with zero attached hydrogens (tertiary/aromatic N) is 6. The van der Waals surface area contributed by atoms with Gasteiger partial charge in [-0.3, -0.25) is 14.6 Å². The number of aromatic nitrogens is 3. The van der Waals surface area contributed by atoms with Gasteiger partial charge in [0.2, 0.25) is 17.7 Å². The summed E-state index contributed by atoms with van der Waals surface area (Å²) in [7, 11) is 1.57. The van der Waals surface area contributed by atoms with Crippen molar-refractivity contribution in [2.24, 2.45) is 5.92 Å². The van der Waals surface area contributed by atoms with E-state index in [-0.39, 0.29) is 17.9 Å². The molecule has 9 heteroatoms. The Morgan fingerprint density at radius 2 is 2.14 bits per heavy atom. The van der Waals surface area contributed by atoms with E-state index in [9.17, 15) is 4.79 Å². The van der Waals surface area contributed by atoms with Crippen LogP contribution in [0.4, 0.5) is 5.95 Å². The molecule has 2 aliphatic heterocycles. The number of amides is 1. The predicted octanol–water partition coefficient (Wildman–Crippen LogP) is 1.87. The molecule has 1 unspecified atom stereocenters. The Kier molecular flexibility index (Phi) is 5.53. The van der Waals surface area contributed by atoms with Crippen LogP contribution in [0.1, 0.15) is 36.4 Å². The molecule has 2 saturated heterocycles. The molecular weight excluding hydrogens is 372 g/mol. The van der Waals surface area contributed by atoms with E-state index in [1.807, 2.05) is 0 Å². The van der Waals surface area contributed by atoms with Crippen LogP contribution >= 0.6 is 0 Å². The molecule has 1 amide bonds. The molecule has 2 aromatic heterocycles. The number of anilines is 1. The highest BCUT2D eigenvalue weighted by Gasteiger charge is 2.37. The van der Waals surface area contributed by atoms with Gasteiger partial charge in [-0.25, -0.2) is 10.0 Å². The van der Waals surface area contributed by atoms with Crippen molar-refractivity contribution in [3.8, 4) is 11.9 Å². The van der Waals surface area contributed by atoms with Crippen molar-refractivity contribution in [3.05, 3.63) is 41.9 Å². The molecule has 29 heavy (non-hydrogen) atoms. The first-order valence-corrected chi connectivity index (χ1v) is 9.62. The molecule has 0 spiro atoms. The van der Waals surface area contributed by atoms with Gasteiger partial charge in [0.05, 0.1) is 25.3 Å². The van der Waals surface area contributed by atoms with Crippen LogP contribution in [-0.2, 0) is 9.63 Å². The molecule has 2 aromatic rings. The lowest BCUT2D eigenvalue weighted by molar-refractivity contribution is -0.182. The van der Waals surface area contributed by atoms with E-state index < -0.39 is 0 Å². The predicted molar refractivity (Wildman–Crippen MR) is 103 cm³/mol. The van der Waals surface area contributed by atoms with Gasteiger partial charge in [-0.15, -0.1) is 0 Å². The number of rotatable bonds is 4.